The quantitative estimate of drug-likeness (QED) is 0.865. The first-order valence-corrected chi connectivity index (χ1v) is 4.86. The second-order valence-electron chi connectivity index (χ2n) is 3.30. The molecule has 1 atom stereocenters. The summed E-state index contributed by atoms with van der Waals surface area (Å²) in [5.41, 5.74) is 1.02. The van der Waals surface area contributed by atoms with E-state index in [1.165, 1.54) is 18.2 Å². The molecule has 84 valence electrons. The Balaban J connectivity index is 2.21. The van der Waals surface area contributed by atoms with Crippen molar-refractivity contribution in [1.82, 2.24) is 0 Å². The molecular weight excluding hydrogens is 237 g/mol. The zero-order valence-electron chi connectivity index (χ0n) is 7.98. The summed E-state index contributed by atoms with van der Waals surface area (Å²) >= 11 is 5.60. The Morgan fingerprint density at radius 1 is 1.62 bits per heavy atom. The molecule has 0 amide bonds. The Morgan fingerprint density at radius 2 is 2.38 bits per heavy atom. The summed E-state index contributed by atoms with van der Waals surface area (Å²) in [4.78, 5) is 15.3. The number of halogens is 2. The molecular formula is C10H7ClFNO3. The lowest BCUT2D eigenvalue weighted by Crippen LogP contribution is -2.19. The van der Waals surface area contributed by atoms with Gasteiger partial charge in [0.25, 0.3) is 0 Å². The van der Waals surface area contributed by atoms with Gasteiger partial charge >= 0.3 is 5.97 Å². The Kier molecular flexibility index (Phi) is 2.78. The topological polar surface area (TPSA) is 58.9 Å². The van der Waals surface area contributed by atoms with Gasteiger partial charge in [0.05, 0.1) is 10.7 Å². The zero-order chi connectivity index (χ0) is 11.7. The van der Waals surface area contributed by atoms with Crippen LogP contribution in [0.4, 0.5) is 4.39 Å². The highest BCUT2D eigenvalue weighted by molar-refractivity contribution is 6.31. The van der Waals surface area contributed by atoms with Crippen LogP contribution in [-0.2, 0) is 9.63 Å². The Bertz CT molecular complexity index is 475. The van der Waals surface area contributed by atoms with E-state index in [9.17, 15) is 9.18 Å². The van der Waals surface area contributed by atoms with Crippen LogP contribution in [-0.4, -0.2) is 22.9 Å². The zero-order valence-corrected chi connectivity index (χ0v) is 8.74. The van der Waals surface area contributed by atoms with Crippen LogP contribution in [0, 0.1) is 5.82 Å². The third kappa shape index (κ3) is 1.99. The predicted octanol–water partition coefficient (Wildman–Crippen LogP) is 2.06. The lowest BCUT2D eigenvalue weighted by atomic mass is 10.1. The number of hydrogen-bond donors (Lipinski definition) is 1. The first-order valence-electron chi connectivity index (χ1n) is 4.49. The van der Waals surface area contributed by atoms with Gasteiger partial charge in [0.2, 0.25) is 6.10 Å². The van der Waals surface area contributed by atoms with Crippen molar-refractivity contribution in [3.05, 3.63) is 34.6 Å². The maximum atomic E-state index is 12.9. The molecule has 2 rings (SSSR count). The first-order chi connectivity index (χ1) is 7.58. The fraction of sp³-hybridized carbons (Fsp3) is 0.200. The molecule has 1 aromatic carbocycles. The summed E-state index contributed by atoms with van der Waals surface area (Å²) in [5, 5.41) is 12.3. The number of carboxylic acids is 1. The number of hydrogen-bond acceptors (Lipinski definition) is 3. The maximum absolute atomic E-state index is 12.9. The van der Waals surface area contributed by atoms with Crippen molar-refractivity contribution >= 4 is 23.3 Å². The molecule has 6 heteroatoms. The van der Waals surface area contributed by atoms with E-state index in [0.717, 1.165) is 0 Å². The van der Waals surface area contributed by atoms with Gasteiger partial charge in [0.15, 0.2) is 0 Å². The van der Waals surface area contributed by atoms with Crippen molar-refractivity contribution in [2.75, 3.05) is 0 Å². The fourth-order valence-corrected chi connectivity index (χ4v) is 1.54. The smallest absolute Gasteiger partial charge is 0.348 e. The van der Waals surface area contributed by atoms with Gasteiger partial charge < -0.3 is 9.94 Å². The third-order valence-corrected chi connectivity index (χ3v) is 2.49. The molecule has 1 aromatic rings. The lowest BCUT2D eigenvalue weighted by Gasteiger charge is -2.01. The van der Waals surface area contributed by atoms with Crippen LogP contribution in [0.2, 0.25) is 5.02 Å². The molecule has 1 N–H and O–H groups in total. The van der Waals surface area contributed by atoms with Crippen LogP contribution < -0.4 is 0 Å². The van der Waals surface area contributed by atoms with Gasteiger partial charge in [-0.1, -0.05) is 22.8 Å². The normalized spacial score (nSPS) is 19.1. The standard InChI is InChI=1S/C10H7ClFNO3/c11-6-3-5(1-2-7(6)12)8-4-9(10(14)15)16-13-8/h1-3,9H,4H2,(H,14,15). The van der Waals surface area contributed by atoms with E-state index in [-0.39, 0.29) is 11.4 Å². The molecule has 0 spiro atoms. The van der Waals surface area contributed by atoms with Gasteiger partial charge in [-0.15, -0.1) is 0 Å². The highest BCUT2D eigenvalue weighted by Crippen LogP contribution is 2.21. The summed E-state index contributed by atoms with van der Waals surface area (Å²) in [6.45, 7) is 0. The molecule has 0 saturated heterocycles. The van der Waals surface area contributed by atoms with Crippen LogP contribution in [0.15, 0.2) is 23.4 Å². The van der Waals surface area contributed by atoms with Crippen molar-refractivity contribution in [2.45, 2.75) is 12.5 Å². The molecule has 0 saturated carbocycles. The second-order valence-corrected chi connectivity index (χ2v) is 3.71. The predicted molar refractivity (Wildman–Crippen MR) is 55.1 cm³/mol. The number of benzene rings is 1. The second kappa shape index (κ2) is 4.09. The third-order valence-electron chi connectivity index (χ3n) is 2.20. The minimum Gasteiger partial charge on any atom is -0.478 e. The highest BCUT2D eigenvalue weighted by Gasteiger charge is 2.28. The lowest BCUT2D eigenvalue weighted by molar-refractivity contribution is -0.148. The molecule has 1 aliphatic heterocycles. The summed E-state index contributed by atoms with van der Waals surface area (Å²) < 4.78 is 12.9. The fourth-order valence-electron chi connectivity index (χ4n) is 1.36. The van der Waals surface area contributed by atoms with Crippen molar-refractivity contribution in [3.8, 4) is 0 Å². The van der Waals surface area contributed by atoms with Crippen LogP contribution in [0.1, 0.15) is 12.0 Å². The van der Waals surface area contributed by atoms with E-state index in [1.54, 1.807) is 0 Å². The van der Waals surface area contributed by atoms with Crippen LogP contribution in [0.25, 0.3) is 0 Å². The Morgan fingerprint density at radius 3 is 2.94 bits per heavy atom. The number of oxime groups is 1. The van der Waals surface area contributed by atoms with E-state index >= 15 is 0 Å². The molecule has 0 bridgehead atoms. The SMILES string of the molecule is O=C(O)C1CC(c2ccc(F)c(Cl)c2)=NO1. The van der Waals surface area contributed by atoms with Gasteiger partial charge in [0, 0.05) is 12.0 Å². The number of carboxylic acid groups (broad SMARTS) is 1. The van der Waals surface area contributed by atoms with Gasteiger partial charge in [-0.25, -0.2) is 9.18 Å². The summed E-state index contributed by atoms with van der Waals surface area (Å²) in [7, 11) is 0. The number of carbonyl (C=O) groups is 1. The highest BCUT2D eigenvalue weighted by atomic mass is 35.5. The van der Waals surface area contributed by atoms with E-state index in [4.69, 9.17) is 21.5 Å². The number of nitrogens with zero attached hydrogens (tertiary/aromatic N) is 1. The molecule has 0 aromatic heterocycles. The van der Waals surface area contributed by atoms with Crippen molar-refractivity contribution in [3.63, 3.8) is 0 Å². The van der Waals surface area contributed by atoms with Crippen molar-refractivity contribution in [2.24, 2.45) is 5.16 Å². The molecule has 1 unspecified atom stereocenters. The molecule has 1 aliphatic rings. The molecule has 16 heavy (non-hydrogen) atoms. The van der Waals surface area contributed by atoms with E-state index < -0.39 is 17.9 Å². The molecule has 4 nitrogen and oxygen atoms in total. The molecule has 0 aliphatic carbocycles. The molecule has 0 fully saturated rings. The van der Waals surface area contributed by atoms with Crippen molar-refractivity contribution < 1.29 is 19.1 Å². The van der Waals surface area contributed by atoms with E-state index in [2.05, 4.69) is 5.16 Å². The van der Waals surface area contributed by atoms with Crippen LogP contribution in [0.5, 0.6) is 0 Å². The number of rotatable bonds is 2. The summed E-state index contributed by atoms with van der Waals surface area (Å²) in [5.74, 6) is -1.60. The average molecular weight is 244 g/mol. The van der Waals surface area contributed by atoms with E-state index in [1.807, 2.05) is 0 Å². The van der Waals surface area contributed by atoms with E-state index in [0.29, 0.717) is 11.3 Å². The minimum absolute atomic E-state index is 0.0287. The molecule has 1 heterocycles. The minimum atomic E-state index is -1.08. The van der Waals surface area contributed by atoms with Crippen molar-refractivity contribution in [1.29, 1.82) is 0 Å². The summed E-state index contributed by atoms with van der Waals surface area (Å²) in [6.07, 6.45) is -0.823. The summed E-state index contributed by atoms with van der Waals surface area (Å²) in [6, 6.07) is 4.07. The van der Waals surface area contributed by atoms with Gasteiger partial charge in [-0.2, -0.15) is 0 Å². The van der Waals surface area contributed by atoms with Gasteiger partial charge in [-0.3, -0.25) is 0 Å². The Hall–Kier alpha value is -1.62. The van der Waals surface area contributed by atoms with Gasteiger partial charge in [-0.05, 0) is 12.1 Å². The Labute approximate surface area is 95.3 Å². The first kappa shape index (κ1) is 10.9. The monoisotopic (exact) mass is 243 g/mol. The van der Waals surface area contributed by atoms with Crippen LogP contribution in [0.3, 0.4) is 0 Å². The van der Waals surface area contributed by atoms with Crippen LogP contribution >= 0.6 is 11.6 Å². The maximum Gasteiger partial charge on any atom is 0.348 e. The van der Waals surface area contributed by atoms with Gasteiger partial charge in [0.1, 0.15) is 5.82 Å². The molecule has 0 radical (unpaired) electrons. The number of aliphatic carboxylic acids is 1. The largest absolute Gasteiger partial charge is 0.478 e. The average Bonchev–Trinajstić information content (AvgIpc) is 2.71.